The fourth-order valence-electron chi connectivity index (χ4n) is 3.73. The molecule has 0 aliphatic rings. The van der Waals surface area contributed by atoms with Gasteiger partial charge in [-0.15, -0.1) is 0 Å². The Labute approximate surface area is 197 Å². The number of benzene rings is 3. The van der Waals surface area contributed by atoms with Crippen molar-refractivity contribution in [3.05, 3.63) is 88.4 Å². The molecule has 0 atom stereocenters. The quantitative estimate of drug-likeness (QED) is 0.357. The largest absolute Gasteiger partial charge is 0.240 e. The molecule has 0 saturated carbocycles. The van der Waals surface area contributed by atoms with Crippen molar-refractivity contribution in [2.45, 2.75) is 24.7 Å². The number of halogens is 2. The molecule has 0 aliphatic heterocycles. The van der Waals surface area contributed by atoms with Crippen LogP contribution in [0.4, 0.5) is 0 Å². The van der Waals surface area contributed by atoms with Gasteiger partial charge in [0, 0.05) is 26.7 Å². The van der Waals surface area contributed by atoms with Crippen LogP contribution in [0.1, 0.15) is 18.9 Å². The molecule has 0 spiro atoms. The van der Waals surface area contributed by atoms with Crippen LogP contribution < -0.4 is 5.14 Å². The molecule has 8 heteroatoms. The summed E-state index contributed by atoms with van der Waals surface area (Å²) in [6, 6.07) is 21.4. The van der Waals surface area contributed by atoms with E-state index >= 15 is 0 Å². The van der Waals surface area contributed by atoms with Crippen molar-refractivity contribution in [1.29, 1.82) is 0 Å². The van der Waals surface area contributed by atoms with Gasteiger partial charge in [0.15, 0.2) is 0 Å². The Morgan fingerprint density at radius 2 is 1.44 bits per heavy atom. The number of primary sulfonamides is 1. The molecule has 1 aromatic heterocycles. The average molecular weight is 486 g/mol. The third-order valence-electron chi connectivity index (χ3n) is 5.12. The first-order valence-corrected chi connectivity index (χ1v) is 12.4. The Morgan fingerprint density at radius 1 is 0.875 bits per heavy atom. The Morgan fingerprint density at radius 3 is 2.00 bits per heavy atom. The maximum atomic E-state index is 12.3. The number of sulfonamides is 1. The summed E-state index contributed by atoms with van der Waals surface area (Å²) in [4.78, 5) is 0.00316. The molecule has 5 nitrogen and oxygen atoms in total. The van der Waals surface area contributed by atoms with Crippen LogP contribution in [-0.2, 0) is 16.4 Å². The zero-order valence-corrected chi connectivity index (χ0v) is 19.6. The van der Waals surface area contributed by atoms with Gasteiger partial charge in [0.1, 0.15) is 4.90 Å². The molecule has 4 aromatic rings. The number of nitrogens with zero attached hydrogens (tertiary/aromatic N) is 2. The van der Waals surface area contributed by atoms with E-state index in [9.17, 15) is 8.42 Å². The molecule has 32 heavy (non-hydrogen) atoms. The van der Waals surface area contributed by atoms with Crippen molar-refractivity contribution in [1.82, 2.24) is 9.78 Å². The van der Waals surface area contributed by atoms with Crippen LogP contribution in [0.5, 0.6) is 0 Å². The van der Waals surface area contributed by atoms with Crippen molar-refractivity contribution in [3.8, 4) is 28.2 Å². The molecular weight excluding hydrogens is 465 g/mol. The highest BCUT2D eigenvalue weighted by Gasteiger charge is 2.24. The van der Waals surface area contributed by atoms with E-state index in [2.05, 4.69) is 6.92 Å². The lowest BCUT2D eigenvalue weighted by molar-refractivity contribution is 0.596. The standard InChI is InChI=1S/C24H21Cl2N3O2S/c1-2-5-20-23(16-8-12-18(25)13-9-16)28-29(24(20)17-10-14-19(26)15-11-17)21-6-3-4-7-22(21)32(27,30)31/h3-4,6-15H,2,5H2,1H3,(H2,27,30,31). The third kappa shape index (κ3) is 4.45. The minimum atomic E-state index is -3.97. The Hall–Kier alpha value is -2.64. The van der Waals surface area contributed by atoms with E-state index in [0.29, 0.717) is 15.7 Å². The summed E-state index contributed by atoms with van der Waals surface area (Å²) < 4.78 is 26.4. The monoisotopic (exact) mass is 485 g/mol. The maximum absolute atomic E-state index is 12.3. The first kappa shape index (κ1) is 22.6. The number of aromatic nitrogens is 2. The molecule has 4 rings (SSSR count). The number of hydrogen-bond donors (Lipinski definition) is 1. The van der Waals surface area contributed by atoms with Gasteiger partial charge in [-0.2, -0.15) is 5.10 Å². The summed E-state index contributed by atoms with van der Waals surface area (Å²) in [5.74, 6) is 0. The van der Waals surface area contributed by atoms with Crippen LogP contribution in [-0.4, -0.2) is 18.2 Å². The second-order valence-corrected chi connectivity index (χ2v) is 9.77. The lowest BCUT2D eigenvalue weighted by Crippen LogP contribution is -2.16. The first-order chi connectivity index (χ1) is 15.3. The molecule has 0 amide bonds. The molecule has 2 N–H and O–H groups in total. The van der Waals surface area contributed by atoms with Crippen LogP contribution in [0.25, 0.3) is 28.2 Å². The predicted molar refractivity (Wildman–Crippen MR) is 130 cm³/mol. The van der Waals surface area contributed by atoms with Crippen molar-refractivity contribution in [2.75, 3.05) is 0 Å². The number of nitrogens with two attached hydrogens (primary N) is 1. The predicted octanol–water partition coefficient (Wildman–Crippen LogP) is 6.11. The normalized spacial score (nSPS) is 11.6. The summed E-state index contributed by atoms with van der Waals surface area (Å²) >= 11 is 12.2. The van der Waals surface area contributed by atoms with Gasteiger partial charge in [-0.3, -0.25) is 0 Å². The van der Waals surface area contributed by atoms with Gasteiger partial charge in [-0.25, -0.2) is 18.2 Å². The second-order valence-electron chi connectivity index (χ2n) is 7.36. The second kappa shape index (κ2) is 9.08. The van der Waals surface area contributed by atoms with E-state index in [1.54, 1.807) is 35.0 Å². The molecule has 3 aromatic carbocycles. The van der Waals surface area contributed by atoms with Crippen molar-refractivity contribution >= 4 is 33.2 Å². The Bertz CT molecular complexity index is 1360. The smallest absolute Gasteiger partial charge is 0.231 e. The summed E-state index contributed by atoms with van der Waals surface area (Å²) in [7, 11) is -3.97. The van der Waals surface area contributed by atoms with Crippen LogP contribution in [0.15, 0.2) is 77.7 Å². The first-order valence-electron chi connectivity index (χ1n) is 10.1. The third-order valence-corrected chi connectivity index (χ3v) is 6.58. The lowest BCUT2D eigenvalue weighted by atomic mass is 9.98. The fourth-order valence-corrected chi connectivity index (χ4v) is 4.69. The molecule has 0 unspecified atom stereocenters. The topological polar surface area (TPSA) is 78.0 Å². The van der Waals surface area contributed by atoms with Gasteiger partial charge in [0.05, 0.1) is 17.1 Å². The zero-order chi connectivity index (χ0) is 22.9. The Balaban J connectivity index is 2.09. The lowest BCUT2D eigenvalue weighted by Gasteiger charge is -2.13. The highest BCUT2D eigenvalue weighted by atomic mass is 35.5. The van der Waals surface area contributed by atoms with E-state index in [-0.39, 0.29) is 4.90 Å². The van der Waals surface area contributed by atoms with Crippen molar-refractivity contribution in [2.24, 2.45) is 5.14 Å². The zero-order valence-electron chi connectivity index (χ0n) is 17.3. The summed E-state index contributed by atoms with van der Waals surface area (Å²) in [6.45, 7) is 2.09. The molecule has 0 aliphatic carbocycles. The number of rotatable bonds is 6. The Kier molecular flexibility index (Phi) is 6.40. The molecule has 0 saturated heterocycles. The fraction of sp³-hybridized carbons (Fsp3) is 0.125. The summed E-state index contributed by atoms with van der Waals surface area (Å²) in [6.07, 6.45) is 1.62. The summed E-state index contributed by atoms with van der Waals surface area (Å²) in [5, 5.41) is 11.7. The number of para-hydroxylation sites is 1. The van der Waals surface area contributed by atoms with E-state index in [1.165, 1.54) is 6.07 Å². The molecule has 164 valence electrons. The van der Waals surface area contributed by atoms with E-state index in [4.69, 9.17) is 33.4 Å². The van der Waals surface area contributed by atoms with Crippen molar-refractivity contribution < 1.29 is 8.42 Å². The van der Waals surface area contributed by atoms with Gasteiger partial charge < -0.3 is 0 Å². The van der Waals surface area contributed by atoms with Crippen LogP contribution >= 0.6 is 23.2 Å². The minimum Gasteiger partial charge on any atom is -0.231 e. The summed E-state index contributed by atoms with van der Waals surface area (Å²) in [5.41, 5.74) is 4.70. The van der Waals surface area contributed by atoms with Crippen LogP contribution in [0, 0.1) is 0 Å². The van der Waals surface area contributed by atoms with E-state index in [1.807, 2.05) is 36.4 Å². The van der Waals surface area contributed by atoms with Crippen molar-refractivity contribution in [3.63, 3.8) is 0 Å². The van der Waals surface area contributed by atoms with E-state index in [0.717, 1.165) is 40.9 Å². The van der Waals surface area contributed by atoms with Gasteiger partial charge in [-0.1, -0.05) is 72.9 Å². The van der Waals surface area contributed by atoms with Crippen LogP contribution in [0.2, 0.25) is 10.0 Å². The molecule has 0 bridgehead atoms. The average Bonchev–Trinajstić information content (AvgIpc) is 3.14. The van der Waals surface area contributed by atoms with E-state index < -0.39 is 10.0 Å². The molecule has 1 heterocycles. The number of hydrogen-bond acceptors (Lipinski definition) is 3. The molecule has 0 fully saturated rings. The highest BCUT2D eigenvalue weighted by Crippen LogP contribution is 2.37. The molecular formula is C24H21Cl2N3O2S. The van der Waals surface area contributed by atoms with Crippen LogP contribution in [0.3, 0.4) is 0 Å². The van der Waals surface area contributed by atoms with Gasteiger partial charge >= 0.3 is 0 Å². The van der Waals surface area contributed by atoms with Gasteiger partial charge in [-0.05, 0) is 42.8 Å². The van der Waals surface area contributed by atoms with Gasteiger partial charge in [0.2, 0.25) is 10.0 Å². The van der Waals surface area contributed by atoms with Gasteiger partial charge in [0.25, 0.3) is 0 Å². The molecule has 0 radical (unpaired) electrons. The highest BCUT2D eigenvalue weighted by molar-refractivity contribution is 7.89. The SMILES string of the molecule is CCCc1c(-c2ccc(Cl)cc2)nn(-c2ccccc2S(N)(=O)=O)c1-c1ccc(Cl)cc1. The minimum absolute atomic E-state index is 0.00316. The maximum Gasteiger partial charge on any atom is 0.240 e.